The minimum Gasteiger partial charge on any atom is -1.00 e. The summed E-state index contributed by atoms with van der Waals surface area (Å²) in [5.74, 6) is 0. The molecule has 0 nitrogen and oxygen atoms in total. The molecule has 0 fully saturated rings. The van der Waals surface area contributed by atoms with Crippen LogP contribution in [0.4, 0.5) is 0 Å². The van der Waals surface area contributed by atoms with Crippen molar-refractivity contribution in [2.45, 2.75) is 155 Å². The molecule has 1 aromatic carbocycles. The van der Waals surface area contributed by atoms with Gasteiger partial charge in [-0.2, -0.15) is 0 Å². The molecule has 0 radical (unpaired) electrons. The third-order valence-electron chi connectivity index (χ3n) is 9.79. The van der Waals surface area contributed by atoms with E-state index in [4.69, 9.17) is 0 Å². The van der Waals surface area contributed by atoms with Gasteiger partial charge in [0, 0.05) is 0 Å². The van der Waals surface area contributed by atoms with E-state index in [0.29, 0.717) is 0 Å². The van der Waals surface area contributed by atoms with Crippen molar-refractivity contribution in [3.8, 4) is 0 Å². The quantitative estimate of drug-likeness (QED) is 0.160. The molecule has 0 heterocycles. The number of benzene rings is 1. The van der Waals surface area contributed by atoms with Crippen molar-refractivity contribution >= 4 is 13.3 Å². The van der Waals surface area contributed by atoms with Gasteiger partial charge in [-0.1, -0.05) is 58.3 Å². The van der Waals surface area contributed by atoms with Gasteiger partial charge in [0.15, 0.2) is 0 Å². The van der Waals surface area contributed by atoms with Gasteiger partial charge in [-0.15, -0.1) is 0 Å². The van der Waals surface area contributed by atoms with Crippen LogP contribution in [-0.2, 0) is 20.4 Å². The summed E-state index contributed by atoms with van der Waals surface area (Å²) in [5, 5.41) is 1.90. The fourth-order valence-corrected chi connectivity index (χ4v) is 13.5. The zero-order chi connectivity index (χ0) is 26.4. The molecular formula is C34H57Cl3SiTi. The Balaban J connectivity index is 0. The SMILES string of the molecule is CCCCCCCCCCCCCCCCCC[Si](C)(c1ccccc1)C1(C)C(C)=C(C)C(C)=[C]1[Ti+3].[Cl-].[Cl-].[Cl-]. The van der Waals surface area contributed by atoms with E-state index < -0.39 is 8.07 Å². The van der Waals surface area contributed by atoms with Crippen LogP contribution in [0.3, 0.4) is 0 Å². The maximum Gasteiger partial charge on any atom is -1.00 e. The molecule has 0 spiro atoms. The van der Waals surface area contributed by atoms with Gasteiger partial charge in [0.1, 0.15) is 0 Å². The number of rotatable bonds is 19. The minimum absolute atomic E-state index is 0. The fraction of sp³-hybridized carbons (Fsp3) is 0.706. The number of halogens is 3. The van der Waals surface area contributed by atoms with E-state index in [-0.39, 0.29) is 42.3 Å². The molecule has 0 amide bonds. The molecule has 0 saturated heterocycles. The first-order valence-corrected chi connectivity index (χ1v) is 19.0. The molecule has 1 aliphatic carbocycles. The van der Waals surface area contributed by atoms with Crippen LogP contribution in [0.5, 0.6) is 0 Å². The summed E-state index contributed by atoms with van der Waals surface area (Å²) in [4.78, 5) is 0. The third kappa shape index (κ3) is 11.6. The van der Waals surface area contributed by atoms with E-state index in [2.05, 4.69) is 91.9 Å². The number of hydrogen-bond acceptors (Lipinski definition) is 0. The molecule has 0 bridgehead atoms. The van der Waals surface area contributed by atoms with Gasteiger partial charge in [0.05, 0.1) is 0 Å². The zero-order valence-corrected chi connectivity index (χ0v) is 30.9. The normalized spacial score (nSPS) is 18.4. The molecule has 39 heavy (non-hydrogen) atoms. The molecule has 2 unspecified atom stereocenters. The van der Waals surface area contributed by atoms with Gasteiger partial charge in [0.25, 0.3) is 0 Å². The fourth-order valence-electron chi connectivity index (χ4n) is 6.61. The molecule has 2 atom stereocenters. The monoisotopic (exact) mass is 646 g/mol. The molecule has 1 aromatic rings. The maximum atomic E-state index is 2.69. The maximum absolute atomic E-state index is 2.69. The molecular weight excluding hydrogens is 591 g/mol. The first-order valence-electron chi connectivity index (χ1n) is 15.5. The average molecular weight is 648 g/mol. The Bertz CT molecular complexity index is 812. The summed E-state index contributed by atoms with van der Waals surface area (Å²) in [7, 11) is -1.75. The van der Waals surface area contributed by atoms with Gasteiger partial charge in [-0.25, -0.2) is 0 Å². The van der Waals surface area contributed by atoms with Crippen molar-refractivity contribution in [3.05, 3.63) is 50.9 Å². The first kappa shape index (κ1) is 41.6. The summed E-state index contributed by atoms with van der Waals surface area (Å²) in [6.45, 7) is 14.7. The van der Waals surface area contributed by atoms with Crippen molar-refractivity contribution in [2.24, 2.45) is 0 Å². The smallest absolute Gasteiger partial charge is 1.00 e. The molecule has 0 aromatic heterocycles. The van der Waals surface area contributed by atoms with E-state index in [0.717, 1.165) is 0 Å². The molecule has 0 N–H and O–H groups in total. The first-order chi connectivity index (χ1) is 17.3. The van der Waals surface area contributed by atoms with Crippen molar-refractivity contribution in [2.75, 3.05) is 0 Å². The predicted octanol–water partition coefficient (Wildman–Crippen LogP) is 2.18. The van der Waals surface area contributed by atoms with Crippen LogP contribution in [0.1, 0.15) is 137 Å². The Kier molecular flexibility index (Phi) is 23.6. The largest absolute Gasteiger partial charge is 1.00 e. The van der Waals surface area contributed by atoms with Crippen LogP contribution in [0.2, 0.25) is 17.6 Å². The summed E-state index contributed by atoms with van der Waals surface area (Å²) < 4.78 is 1.65. The van der Waals surface area contributed by atoms with Gasteiger partial charge in [-0.05, 0) is 0 Å². The number of unbranched alkanes of at least 4 members (excludes halogenated alkanes) is 15. The Morgan fingerprint density at radius 3 is 1.36 bits per heavy atom. The van der Waals surface area contributed by atoms with Crippen molar-refractivity contribution < 1.29 is 57.7 Å². The van der Waals surface area contributed by atoms with E-state index in [9.17, 15) is 0 Å². The number of hydrogen-bond donors (Lipinski definition) is 0. The van der Waals surface area contributed by atoms with Crippen LogP contribution in [0.25, 0.3) is 0 Å². The standard InChI is InChI=1S/C34H57Si.3ClH.Ti/c1-7-8-9-10-11-12-13-14-15-16-17-18-19-20-21-25-28-35(6,33-26-23-22-24-27-33)34(5)29-30(2)31(3)32(34)4;;;;/h22-24,26-27H,7-21,25,28H2,1-6H3;3*1H;/q;;;;+3/p-3. The third-order valence-corrected chi connectivity index (χ3v) is 17.3. The predicted molar refractivity (Wildman–Crippen MR) is 161 cm³/mol. The minimum atomic E-state index is -1.75. The van der Waals surface area contributed by atoms with Crippen LogP contribution in [0, 0.1) is 0 Å². The van der Waals surface area contributed by atoms with E-state index in [1.165, 1.54) is 109 Å². The van der Waals surface area contributed by atoms with Crippen molar-refractivity contribution in [3.63, 3.8) is 0 Å². The van der Waals surface area contributed by atoms with E-state index in [1.54, 1.807) is 25.8 Å². The van der Waals surface area contributed by atoms with Gasteiger partial charge >= 0.3 is 181 Å². The van der Waals surface area contributed by atoms with Crippen molar-refractivity contribution in [1.29, 1.82) is 0 Å². The van der Waals surface area contributed by atoms with Gasteiger partial charge in [-0.3, -0.25) is 0 Å². The Morgan fingerprint density at radius 2 is 1.00 bits per heavy atom. The van der Waals surface area contributed by atoms with Crippen molar-refractivity contribution in [1.82, 2.24) is 0 Å². The second kappa shape index (κ2) is 22.1. The Labute approximate surface area is 275 Å². The molecule has 1 aliphatic rings. The molecule has 2 rings (SSSR count). The summed E-state index contributed by atoms with van der Waals surface area (Å²) >= 11 is 2.43. The van der Waals surface area contributed by atoms with Crippen LogP contribution in [0.15, 0.2) is 50.9 Å². The van der Waals surface area contributed by atoms with Gasteiger partial charge < -0.3 is 37.2 Å². The Hall–Kier alpha value is 0.501. The summed E-state index contributed by atoms with van der Waals surface area (Å²) in [6.07, 6.45) is 23.1. The second-order valence-corrected chi connectivity index (χ2v) is 17.6. The van der Waals surface area contributed by atoms with Crippen LogP contribution < -0.4 is 42.4 Å². The molecule has 0 aliphatic heterocycles. The summed E-state index contributed by atoms with van der Waals surface area (Å²) in [6, 6.07) is 13.0. The Morgan fingerprint density at radius 1 is 0.615 bits per heavy atom. The van der Waals surface area contributed by atoms with E-state index in [1.807, 2.05) is 0 Å². The molecule has 5 heteroatoms. The molecule has 0 saturated carbocycles. The zero-order valence-electron chi connectivity index (χ0n) is 26.0. The van der Waals surface area contributed by atoms with Crippen LogP contribution in [-0.4, -0.2) is 8.07 Å². The number of allylic oxidation sites excluding steroid dienone is 4. The van der Waals surface area contributed by atoms with Gasteiger partial charge in [0.2, 0.25) is 0 Å². The van der Waals surface area contributed by atoms with E-state index >= 15 is 0 Å². The second-order valence-electron chi connectivity index (χ2n) is 12.1. The average Bonchev–Trinajstić information content (AvgIpc) is 3.04. The topological polar surface area (TPSA) is 0 Å². The summed E-state index contributed by atoms with van der Waals surface area (Å²) in [5.41, 5.74) is 4.75. The van der Waals surface area contributed by atoms with Crippen LogP contribution >= 0.6 is 0 Å². The molecule has 222 valence electrons.